The first-order valence-electron chi connectivity index (χ1n) is 7.73. The predicted octanol–water partition coefficient (Wildman–Crippen LogP) is 2.09. The fourth-order valence-corrected chi connectivity index (χ4v) is 3.68. The van der Waals surface area contributed by atoms with Gasteiger partial charge in [0.05, 0.1) is 18.5 Å². The van der Waals surface area contributed by atoms with Crippen LogP contribution in [0.3, 0.4) is 0 Å². The summed E-state index contributed by atoms with van der Waals surface area (Å²) >= 11 is 0. The molecule has 8 heteroatoms. The number of hydrogen-bond donors (Lipinski definition) is 2. The van der Waals surface area contributed by atoms with Gasteiger partial charge in [-0.05, 0) is 22.9 Å². The van der Waals surface area contributed by atoms with E-state index in [1.165, 1.54) is 4.31 Å². The Labute approximate surface area is 144 Å². The van der Waals surface area contributed by atoms with Gasteiger partial charge in [0.2, 0.25) is 10.0 Å². The highest BCUT2D eigenvalue weighted by atomic mass is 32.2. The first kappa shape index (κ1) is 15.8. The van der Waals surface area contributed by atoms with E-state index in [1.54, 1.807) is 6.07 Å². The second-order valence-electron chi connectivity index (χ2n) is 6.07. The minimum absolute atomic E-state index is 0.206. The Bertz CT molecular complexity index is 1090. The predicted molar refractivity (Wildman–Crippen MR) is 94.6 cm³/mol. The highest BCUT2D eigenvalue weighted by Crippen LogP contribution is 2.29. The van der Waals surface area contributed by atoms with Crippen LogP contribution < -0.4 is 5.32 Å². The lowest BCUT2D eigenvalue weighted by Gasteiger charge is -2.12. The van der Waals surface area contributed by atoms with E-state index in [9.17, 15) is 13.2 Å². The van der Waals surface area contributed by atoms with Crippen molar-refractivity contribution in [3.63, 3.8) is 0 Å². The summed E-state index contributed by atoms with van der Waals surface area (Å²) in [6.07, 6.45) is 1.16. The van der Waals surface area contributed by atoms with Gasteiger partial charge in [-0.2, -0.15) is 9.40 Å². The molecule has 4 rings (SSSR count). The lowest BCUT2D eigenvalue weighted by Crippen LogP contribution is -2.24. The van der Waals surface area contributed by atoms with Crippen LogP contribution in [0.1, 0.15) is 21.6 Å². The Morgan fingerprint density at radius 1 is 1.16 bits per heavy atom. The van der Waals surface area contributed by atoms with Crippen LogP contribution in [-0.2, 0) is 23.1 Å². The van der Waals surface area contributed by atoms with Gasteiger partial charge in [-0.3, -0.25) is 9.89 Å². The third kappa shape index (κ3) is 2.90. The molecule has 3 aromatic rings. The van der Waals surface area contributed by atoms with Gasteiger partial charge in [-0.25, -0.2) is 8.42 Å². The number of carbonyl (C=O) groups excluding carboxylic acids is 1. The Morgan fingerprint density at radius 3 is 2.68 bits per heavy atom. The third-order valence-electron chi connectivity index (χ3n) is 4.33. The molecular formula is C17H16N4O3S. The zero-order chi connectivity index (χ0) is 17.6. The van der Waals surface area contributed by atoms with Crippen LogP contribution in [0.5, 0.6) is 0 Å². The SMILES string of the molecule is CS(=O)(=O)N1Cc2n[nH]c(NC(=O)c3ccc4ccccc4c3)c2C1. The lowest BCUT2D eigenvalue weighted by atomic mass is 10.1. The minimum atomic E-state index is -3.30. The van der Waals surface area contributed by atoms with Crippen LogP contribution in [0.15, 0.2) is 42.5 Å². The number of fused-ring (bicyclic) bond motifs is 2. The number of rotatable bonds is 3. The second-order valence-corrected chi connectivity index (χ2v) is 8.05. The minimum Gasteiger partial charge on any atom is -0.307 e. The molecule has 1 aliphatic heterocycles. The van der Waals surface area contributed by atoms with Gasteiger partial charge in [-0.15, -0.1) is 0 Å². The van der Waals surface area contributed by atoms with E-state index in [-0.39, 0.29) is 19.0 Å². The van der Waals surface area contributed by atoms with Crippen LogP contribution in [-0.4, -0.2) is 35.1 Å². The molecule has 7 nitrogen and oxygen atoms in total. The zero-order valence-corrected chi connectivity index (χ0v) is 14.3. The average molecular weight is 356 g/mol. The van der Waals surface area contributed by atoms with Gasteiger partial charge >= 0.3 is 0 Å². The maximum Gasteiger partial charge on any atom is 0.256 e. The highest BCUT2D eigenvalue weighted by Gasteiger charge is 2.31. The van der Waals surface area contributed by atoms with Gasteiger partial charge in [0.25, 0.3) is 5.91 Å². The summed E-state index contributed by atoms with van der Waals surface area (Å²) in [5.41, 5.74) is 1.87. The normalized spacial score (nSPS) is 14.6. The molecule has 0 atom stereocenters. The Hall–Kier alpha value is -2.71. The molecule has 0 saturated carbocycles. The number of carbonyl (C=O) groups is 1. The van der Waals surface area contributed by atoms with Crippen LogP contribution in [0, 0.1) is 0 Å². The Morgan fingerprint density at radius 2 is 1.92 bits per heavy atom. The van der Waals surface area contributed by atoms with Gasteiger partial charge < -0.3 is 5.32 Å². The maximum absolute atomic E-state index is 12.5. The molecule has 1 amide bonds. The van der Waals surface area contributed by atoms with Crippen molar-refractivity contribution in [1.29, 1.82) is 0 Å². The maximum atomic E-state index is 12.5. The molecule has 0 spiro atoms. The van der Waals surface area contributed by atoms with E-state index in [4.69, 9.17) is 0 Å². The first-order valence-corrected chi connectivity index (χ1v) is 9.58. The molecule has 0 fully saturated rings. The van der Waals surface area contributed by atoms with E-state index >= 15 is 0 Å². The van der Waals surface area contributed by atoms with Gasteiger partial charge in [0.1, 0.15) is 5.82 Å². The number of aromatic amines is 1. The zero-order valence-electron chi connectivity index (χ0n) is 13.5. The standard InChI is InChI=1S/C17H16N4O3S/c1-25(23,24)21-9-14-15(10-21)19-20-16(14)18-17(22)13-7-6-11-4-2-3-5-12(11)8-13/h2-8H,9-10H2,1H3,(H2,18,19,20,22). The number of nitrogens with one attached hydrogen (secondary N) is 2. The molecular weight excluding hydrogens is 340 g/mol. The molecule has 128 valence electrons. The van der Waals surface area contributed by atoms with Crippen molar-refractivity contribution in [3.8, 4) is 0 Å². The van der Waals surface area contributed by atoms with Gasteiger partial charge in [-0.1, -0.05) is 30.3 Å². The fourth-order valence-electron chi connectivity index (χ4n) is 2.96. The summed E-state index contributed by atoms with van der Waals surface area (Å²) in [7, 11) is -3.30. The molecule has 2 N–H and O–H groups in total. The van der Waals surface area contributed by atoms with Gasteiger partial charge in [0.15, 0.2) is 0 Å². The highest BCUT2D eigenvalue weighted by molar-refractivity contribution is 7.88. The van der Waals surface area contributed by atoms with Crippen molar-refractivity contribution < 1.29 is 13.2 Å². The topological polar surface area (TPSA) is 95.2 Å². The summed E-state index contributed by atoms with van der Waals surface area (Å²) in [4.78, 5) is 12.5. The summed E-state index contributed by atoms with van der Waals surface area (Å²) in [5, 5.41) is 11.7. The number of nitrogens with zero attached hydrogens (tertiary/aromatic N) is 2. The number of anilines is 1. The fraction of sp³-hybridized carbons (Fsp3) is 0.176. The van der Waals surface area contributed by atoms with Crippen molar-refractivity contribution >= 4 is 32.5 Å². The average Bonchev–Trinajstić information content (AvgIpc) is 3.16. The quantitative estimate of drug-likeness (QED) is 0.751. The Balaban J connectivity index is 1.58. The summed E-state index contributed by atoms with van der Waals surface area (Å²) < 4.78 is 24.7. The summed E-state index contributed by atoms with van der Waals surface area (Å²) in [6.45, 7) is 0.425. The molecule has 25 heavy (non-hydrogen) atoms. The lowest BCUT2D eigenvalue weighted by molar-refractivity contribution is 0.102. The van der Waals surface area contributed by atoms with E-state index < -0.39 is 10.0 Å². The molecule has 0 radical (unpaired) electrons. The number of hydrogen-bond acceptors (Lipinski definition) is 4. The van der Waals surface area contributed by atoms with Crippen molar-refractivity contribution in [3.05, 3.63) is 59.3 Å². The van der Waals surface area contributed by atoms with E-state index in [0.717, 1.165) is 17.0 Å². The number of aromatic nitrogens is 2. The van der Waals surface area contributed by atoms with Crippen molar-refractivity contribution in [2.75, 3.05) is 11.6 Å². The molecule has 0 aliphatic carbocycles. The number of benzene rings is 2. The molecule has 0 unspecified atom stereocenters. The summed E-state index contributed by atoms with van der Waals surface area (Å²) in [5.74, 6) is 0.175. The monoisotopic (exact) mass is 356 g/mol. The van der Waals surface area contributed by atoms with Crippen LogP contribution >= 0.6 is 0 Å². The van der Waals surface area contributed by atoms with Crippen molar-refractivity contribution in [2.24, 2.45) is 0 Å². The second kappa shape index (κ2) is 5.68. The summed E-state index contributed by atoms with van der Waals surface area (Å²) in [6, 6.07) is 13.3. The molecule has 0 saturated heterocycles. The van der Waals surface area contributed by atoms with Gasteiger partial charge in [0, 0.05) is 17.7 Å². The molecule has 2 heterocycles. The largest absolute Gasteiger partial charge is 0.307 e. The Kier molecular flexibility index (Phi) is 3.59. The molecule has 1 aromatic heterocycles. The smallest absolute Gasteiger partial charge is 0.256 e. The van der Waals surface area contributed by atoms with E-state index in [1.807, 2.05) is 36.4 Å². The van der Waals surface area contributed by atoms with Crippen LogP contribution in [0.25, 0.3) is 10.8 Å². The first-order chi connectivity index (χ1) is 11.9. The van der Waals surface area contributed by atoms with Crippen molar-refractivity contribution in [1.82, 2.24) is 14.5 Å². The number of amides is 1. The van der Waals surface area contributed by atoms with E-state index in [0.29, 0.717) is 22.6 Å². The van der Waals surface area contributed by atoms with Crippen molar-refractivity contribution in [2.45, 2.75) is 13.1 Å². The van der Waals surface area contributed by atoms with Crippen LogP contribution in [0.2, 0.25) is 0 Å². The van der Waals surface area contributed by atoms with Crippen LogP contribution in [0.4, 0.5) is 5.82 Å². The number of sulfonamides is 1. The molecule has 0 bridgehead atoms. The third-order valence-corrected chi connectivity index (χ3v) is 5.53. The number of H-pyrrole nitrogens is 1. The molecule has 2 aromatic carbocycles. The van der Waals surface area contributed by atoms with E-state index in [2.05, 4.69) is 15.5 Å². The molecule has 1 aliphatic rings.